The first kappa shape index (κ1) is 13.4. The number of nitrogens with one attached hydrogen (secondary N) is 1. The normalized spacial score (nSPS) is 11.8. The summed E-state index contributed by atoms with van der Waals surface area (Å²) in [5, 5.41) is 1.66. The van der Waals surface area contributed by atoms with Gasteiger partial charge >= 0.3 is 5.97 Å². The summed E-state index contributed by atoms with van der Waals surface area (Å²) in [7, 11) is 1.17. The predicted molar refractivity (Wildman–Crippen MR) is 61.7 cm³/mol. The minimum atomic E-state index is -0.759. The molecular formula is C11H11ClFNO3. The maximum Gasteiger partial charge on any atom is 0.340 e. The van der Waals surface area contributed by atoms with Gasteiger partial charge in [-0.25, -0.2) is 9.18 Å². The molecule has 0 saturated heterocycles. The molecule has 0 heterocycles. The molecule has 1 atom stereocenters. The molecule has 0 saturated carbocycles. The van der Waals surface area contributed by atoms with Gasteiger partial charge in [0, 0.05) is 0 Å². The van der Waals surface area contributed by atoms with Gasteiger partial charge in [0.05, 0.1) is 18.4 Å². The fourth-order valence-electron chi connectivity index (χ4n) is 1.14. The van der Waals surface area contributed by atoms with E-state index in [0.29, 0.717) is 0 Å². The predicted octanol–water partition coefficient (Wildman–Crippen LogP) is 2.18. The van der Waals surface area contributed by atoms with Gasteiger partial charge in [-0.2, -0.15) is 0 Å². The number of halogens is 2. The van der Waals surface area contributed by atoms with Crippen LogP contribution in [-0.2, 0) is 9.53 Å². The van der Waals surface area contributed by atoms with Crippen molar-refractivity contribution in [3.05, 3.63) is 29.6 Å². The lowest BCUT2D eigenvalue weighted by molar-refractivity contribution is -0.115. The zero-order valence-corrected chi connectivity index (χ0v) is 10.0. The van der Waals surface area contributed by atoms with E-state index in [0.717, 1.165) is 12.1 Å². The van der Waals surface area contributed by atoms with Crippen LogP contribution in [0.5, 0.6) is 0 Å². The van der Waals surface area contributed by atoms with Crippen LogP contribution in [0, 0.1) is 5.82 Å². The second-order valence-corrected chi connectivity index (χ2v) is 3.94. The van der Waals surface area contributed by atoms with E-state index in [1.165, 1.54) is 20.1 Å². The SMILES string of the molecule is COC(=O)c1cc(F)ccc1NC(=O)C(C)Cl. The van der Waals surface area contributed by atoms with Gasteiger partial charge in [-0.15, -0.1) is 11.6 Å². The van der Waals surface area contributed by atoms with Crippen LogP contribution in [0.3, 0.4) is 0 Å². The van der Waals surface area contributed by atoms with Crippen molar-refractivity contribution in [1.29, 1.82) is 0 Å². The van der Waals surface area contributed by atoms with Crippen LogP contribution in [0.15, 0.2) is 18.2 Å². The monoisotopic (exact) mass is 259 g/mol. The number of carbonyl (C=O) groups is 2. The van der Waals surface area contributed by atoms with Crippen LogP contribution in [-0.4, -0.2) is 24.4 Å². The highest BCUT2D eigenvalue weighted by atomic mass is 35.5. The van der Waals surface area contributed by atoms with Gasteiger partial charge < -0.3 is 10.1 Å². The summed E-state index contributed by atoms with van der Waals surface area (Å²) in [6, 6.07) is 3.39. The standard InChI is InChI=1S/C11H11ClFNO3/c1-6(12)10(15)14-9-4-3-7(13)5-8(9)11(16)17-2/h3-6H,1-2H3,(H,14,15). The van der Waals surface area contributed by atoms with E-state index in [9.17, 15) is 14.0 Å². The molecule has 0 bridgehead atoms. The third-order valence-electron chi connectivity index (χ3n) is 2.01. The Labute approximate surface area is 103 Å². The quantitative estimate of drug-likeness (QED) is 0.669. The van der Waals surface area contributed by atoms with Crippen molar-refractivity contribution in [2.24, 2.45) is 0 Å². The van der Waals surface area contributed by atoms with Crippen molar-refractivity contribution >= 4 is 29.2 Å². The Morgan fingerprint density at radius 3 is 2.65 bits per heavy atom. The minimum Gasteiger partial charge on any atom is -0.465 e. The smallest absolute Gasteiger partial charge is 0.340 e. The van der Waals surface area contributed by atoms with Gasteiger partial charge in [-0.3, -0.25) is 4.79 Å². The van der Waals surface area contributed by atoms with E-state index in [-0.39, 0.29) is 11.3 Å². The van der Waals surface area contributed by atoms with Crippen molar-refractivity contribution < 1.29 is 18.7 Å². The number of anilines is 1. The summed E-state index contributed by atoms with van der Waals surface area (Å²) < 4.78 is 17.5. The maximum atomic E-state index is 13.0. The Morgan fingerprint density at radius 2 is 2.12 bits per heavy atom. The number of methoxy groups -OCH3 is 1. The van der Waals surface area contributed by atoms with Gasteiger partial charge in [-0.05, 0) is 25.1 Å². The summed E-state index contributed by atoms with van der Waals surface area (Å²) in [6.07, 6.45) is 0. The number of alkyl halides is 1. The van der Waals surface area contributed by atoms with Crippen LogP contribution in [0.25, 0.3) is 0 Å². The highest BCUT2D eigenvalue weighted by molar-refractivity contribution is 6.32. The first-order chi connectivity index (χ1) is 7.95. The van der Waals surface area contributed by atoms with Crippen LogP contribution >= 0.6 is 11.6 Å². The number of carbonyl (C=O) groups excluding carboxylic acids is 2. The highest BCUT2D eigenvalue weighted by Gasteiger charge is 2.16. The summed E-state index contributed by atoms with van der Waals surface area (Å²) in [5.41, 5.74) is 0.105. The zero-order chi connectivity index (χ0) is 13.0. The minimum absolute atomic E-state index is 0.0573. The summed E-state index contributed by atoms with van der Waals surface area (Å²) in [6.45, 7) is 1.48. The fraction of sp³-hybridized carbons (Fsp3) is 0.273. The van der Waals surface area contributed by atoms with E-state index in [1.807, 2.05) is 0 Å². The fourth-order valence-corrected chi connectivity index (χ4v) is 1.19. The second kappa shape index (κ2) is 5.63. The van der Waals surface area contributed by atoms with Crippen LogP contribution in [0.2, 0.25) is 0 Å². The Balaban J connectivity index is 3.06. The molecule has 0 radical (unpaired) electrons. The third kappa shape index (κ3) is 3.42. The van der Waals surface area contributed by atoms with Crippen molar-refractivity contribution in [3.8, 4) is 0 Å². The number of esters is 1. The third-order valence-corrected chi connectivity index (χ3v) is 2.20. The number of benzene rings is 1. The van der Waals surface area contributed by atoms with E-state index < -0.39 is 23.1 Å². The molecule has 0 aliphatic heterocycles. The first-order valence-electron chi connectivity index (χ1n) is 4.78. The molecule has 92 valence electrons. The molecule has 0 aliphatic rings. The average Bonchev–Trinajstić information content (AvgIpc) is 2.30. The van der Waals surface area contributed by atoms with Gasteiger partial charge in [0.25, 0.3) is 0 Å². The molecule has 1 amide bonds. The zero-order valence-electron chi connectivity index (χ0n) is 9.29. The Hall–Kier alpha value is -1.62. The molecule has 0 fully saturated rings. The van der Waals surface area contributed by atoms with Crippen LogP contribution in [0.1, 0.15) is 17.3 Å². The van der Waals surface area contributed by atoms with Gasteiger partial charge in [-0.1, -0.05) is 0 Å². The lowest BCUT2D eigenvalue weighted by atomic mass is 10.1. The topological polar surface area (TPSA) is 55.4 Å². The average molecular weight is 260 g/mol. The number of ether oxygens (including phenoxy) is 1. The molecule has 17 heavy (non-hydrogen) atoms. The van der Waals surface area contributed by atoms with Gasteiger partial charge in [0.2, 0.25) is 5.91 Å². The number of amides is 1. The molecule has 1 unspecified atom stereocenters. The number of hydrogen-bond acceptors (Lipinski definition) is 3. The molecule has 0 aliphatic carbocycles. The highest BCUT2D eigenvalue weighted by Crippen LogP contribution is 2.18. The second-order valence-electron chi connectivity index (χ2n) is 3.29. The van der Waals surface area contributed by atoms with E-state index in [2.05, 4.69) is 10.1 Å². The molecule has 6 heteroatoms. The van der Waals surface area contributed by atoms with Crippen molar-refractivity contribution in [2.45, 2.75) is 12.3 Å². The molecule has 1 rings (SSSR count). The Morgan fingerprint density at radius 1 is 1.47 bits per heavy atom. The number of hydrogen-bond donors (Lipinski definition) is 1. The van der Waals surface area contributed by atoms with E-state index >= 15 is 0 Å². The van der Waals surface area contributed by atoms with Crippen molar-refractivity contribution in [3.63, 3.8) is 0 Å². The summed E-state index contributed by atoms with van der Waals surface area (Å²) >= 11 is 5.57. The molecule has 1 aromatic carbocycles. The number of rotatable bonds is 3. The molecule has 0 aromatic heterocycles. The van der Waals surface area contributed by atoms with Gasteiger partial charge in [0.1, 0.15) is 11.2 Å². The van der Waals surface area contributed by atoms with Crippen molar-refractivity contribution in [2.75, 3.05) is 12.4 Å². The van der Waals surface area contributed by atoms with Crippen LogP contribution < -0.4 is 5.32 Å². The lowest BCUT2D eigenvalue weighted by Crippen LogP contribution is -2.22. The summed E-state index contributed by atoms with van der Waals surface area (Å²) in [5.74, 6) is -1.81. The maximum absolute atomic E-state index is 13.0. The molecule has 1 aromatic rings. The van der Waals surface area contributed by atoms with E-state index in [1.54, 1.807) is 0 Å². The largest absolute Gasteiger partial charge is 0.465 e. The first-order valence-corrected chi connectivity index (χ1v) is 5.22. The van der Waals surface area contributed by atoms with Crippen molar-refractivity contribution in [1.82, 2.24) is 0 Å². The molecule has 4 nitrogen and oxygen atoms in total. The van der Waals surface area contributed by atoms with Gasteiger partial charge in [0.15, 0.2) is 0 Å². The van der Waals surface area contributed by atoms with E-state index in [4.69, 9.17) is 11.6 Å². The van der Waals surface area contributed by atoms with Crippen LogP contribution in [0.4, 0.5) is 10.1 Å². The lowest BCUT2D eigenvalue weighted by Gasteiger charge is -2.10. The molecule has 0 spiro atoms. The summed E-state index contributed by atoms with van der Waals surface area (Å²) in [4.78, 5) is 22.7. The molecule has 1 N–H and O–H groups in total. The Kier molecular flexibility index (Phi) is 4.45. The Bertz CT molecular complexity index is 448. The molecular weight excluding hydrogens is 249 g/mol.